The molecule has 0 unspecified atom stereocenters. The highest BCUT2D eigenvalue weighted by Gasteiger charge is 2.37. The number of pyridine rings is 1. The normalized spacial score (nSPS) is 11.6. The van der Waals surface area contributed by atoms with Crippen molar-refractivity contribution < 1.29 is 40.6 Å². The predicted molar refractivity (Wildman–Crippen MR) is 120 cm³/mol. The number of aromatic nitrogens is 1. The van der Waals surface area contributed by atoms with E-state index in [1.165, 1.54) is 56.9 Å². The van der Waals surface area contributed by atoms with Gasteiger partial charge in [-0.3, -0.25) is 14.1 Å². The topological polar surface area (TPSA) is 95.0 Å². The van der Waals surface area contributed by atoms with Crippen molar-refractivity contribution >= 4 is 21.5 Å². The highest BCUT2D eigenvalue weighted by Crippen LogP contribution is 2.38. The van der Waals surface area contributed by atoms with Gasteiger partial charge in [-0.05, 0) is 35.9 Å². The summed E-state index contributed by atoms with van der Waals surface area (Å²) in [5.41, 5.74) is 0.432. The van der Waals surface area contributed by atoms with Crippen LogP contribution < -0.4 is 18.5 Å². The number of sulfonamides is 1. The summed E-state index contributed by atoms with van der Waals surface area (Å²) in [6, 6.07) is 11.8. The minimum Gasteiger partial charge on any atom is -0.497 e. The molecule has 186 valence electrons. The number of carbonyl (C=O) groups excluding carboxylic acids is 1. The van der Waals surface area contributed by atoms with Gasteiger partial charge in [0.1, 0.15) is 22.1 Å². The first-order chi connectivity index (χ1) is 16.5. The number of benzene rings is 2. The number of hydrogen-bond donors (Lipinski definition) is 0. The molecule has 1 aromatic heterocycles. The van der Waals surface area contributed by atoms with Gasteiger partial charge in [0, 0.05) is 24.9 Å². The first kappa shape index (κ1) is 25.8. The van der Waals surface area contributed by atoms with E-state index < -0.39 is 39.4 Å². The lowest BCUT2D eigenvalue weighted by molar-refractivity contribution is -0.275. The predicted octanol–water partition coefficient (Wildman–Crippen LogP) is 4.00. The molecular formula is C23H21F3N2O6S. The summed E-state index contributed by atoms with van der Waals surface area (Å²) in [4.78, 5) is 16.1. The van der Waals surface area contributed by atoms with E-state index in [0.29, 0.717) is 9.87 Å². The first-order valence-electron chi connectivity index (χ1n) is 10.1. The van der Waals surface area contributed by atoms with Crippen molar-refractivity contribution in [3.8, 4) is 17.2 Å². The van der Waals surface area contributed by atoms with E-state index in [1.807, 2.05) is 0 Å². The number of rotatable bonds is 10. The third-order valence-electron chi connectivity index (χ3n) is 4.74. The fourth-order valence-electron chi connectivity index (χ4n) is 3.23. The van der Waals surface area contributed by atoms with Gasteiger partial charge < -0.3 is 14.2 Å². The summed E-state index contributed by atoms with van der Waals surface area (Å²) in [5.74, 6) is -1.19. The lowest BCUT2D eigenvalue weighted by Gasteiger charge is -2.27. The van der Waals surface area contributed by atoms with Gasteiger partial charge in [0.05, 0.1) is 26.5 Å². The second-order valence-corrected chi connectivity index (χ2v) is 8.95. The Morgan fingerprint density at radius 3 is 2.37 bits per heavy atom. The lowest BCUT2D eigenvalue weighted by atomic mass is 10.1. The van der Waals surface area contributed by atoms with E-state index in [2.05, 4.69) is 9.72 Å². The van der Waals surface area contributed by atoms with Crippen LogP contribution in [0.1, 0.15) is 5.56 Å². The van der Waals surface area contributed by atoms with Crippen LogP contribution in [0.5, 0.6) is 17.2 Å². The Balaban J connectivity index is 2.13. The third-order valence-corrected chi connectivity index (χ3v) is 6.54. The molecule has 3 aromatic rings. The summed E-state index contributed by atoms with van der Waals surface area (Å²) in [6.45, 7) is -0.707. The average Bonchev–Trinajstić information content (AvgIpc) is 2.82. The molecule has 0 saturated heterocycles. The average molecular weight is 510 g/mol. The van der Waals surface area contributed by atoms with E-state index >= 15 is 0 Å². The van der Waals surface area contributed by atoms with Crippen LogP contribution in [0.25, 0.3) is 0 Å². The van der Waals surface area contributed by atoms with E-state index in [-0.39, 0.29) is 23.6 Å². The molecule has 0 aliphatic carbocycles. The van der Waals surface area contributed by atoms with Crippen molar-refractivity contribution in [1.82, 2.24) is 4.98 Å². The summed E-state index contributed by atoms with van der Waals surface area (Å²) in [6.07, 6.45) is -2.33. The number of ether oxygens (including phenoxy) is 3. The molecule has 8 nitrogen and oxygen atoms in total. The van der Waals surface area contributed by atoms with Crippen LogP contribution in [-0.4, -0.2) is 46.3 Å². The molecule has 0 bridgehead atoms. The zero-order valence-electron chi connectivity index (χ0n) is 18.7. The molecule has 3 rings (SSSR count). The van der Waals surface area contributed by atoms with E-state index in [9.17, 15) is 26.4 Å². The second-order valence-electron chi connectivity index (χ2n) is 7.12. The smallest absolute Gasteiger partial charge is 0.497 e. The standard InChI is InChI=1S/C23H21F3N2O6S/c1-32-18-9-10-20(33-2)19(13-18)28(15-17(29)12-16-6-5-11-27-14-16)35(30,31)22-8-4-3-7-21(22)34-23(24,25)26/h3-11,13-14H,12,15H2,1-2H3. The van der Waals surface area contributed by atoms with Gasteiger partial charge >= 0.3 is 6.36 Å². The first-order valence-corrected chi connectivity index (χ1v) is 11.5. The maximum absolute atomic E-state index is 13.7. The maximum atomic E-state index is 13.7. The number of nitrogens with zero attached hydrogens (tertiary/aromatic N) is 2. The van der Waals surface area contributed by atoms with Crippen LogP contribution >= 0.6 is 0 Å². The quantitative estimate of drug-likeness (QED) is 0.407. The number of anilines is 1. The van der Waals surface area contributed by atoms with Crippen LogP contribution in [0.4, 0.5) is 18.9 Å². The Kier molecular flexibility index (Phi) is 7.85. The minimum absolute atomic E-state index is 0.0535. The fraction of sp³-hybridized carbons (Fsp3) is 0.217. The summed E-state index contributed by atoms with van der Waals surface area (Å²) in [7, 11) is -2.13. The Labute approximate surface area is 199 Å². The number of halogens is 3. The largest absolute Gasteiger partial charge is 0.573 e. The molecule has 0 atom stereocenters. The van der Waals surface area contributed by atoms with Crippen molar-refractivity contribution in [3.05, 3.63) is 72.6 Å². The molecule has 0 fully saturated rings. The Bertz CT molecular complexity index is 1280. The van der Waals surface area contributed by atoms with Crippen molar-refractivity contribution in [2.24, 2.45) is 0 Å². The molecule has 35 heavy (non-hydrogen) atoms. The van der Waals surface area contributed by atoms with E-state index in [1.54, 1.807) is 12.1 Å². The van der Waals surface area contributed by atoms with Gasteiger partial charge in [-0.15, -0.1) is 13.2 Å². The van der Waals surface area contributed by atoms with Crippen molar-refractivity contribution in [3.63, 3.8) is 0 Å². The van der Waals surface area contributed by atoms with Crippen LogP contribution in [-0.2, 0) is 21.2 Å². The van der Waals surface area contributed by atoms with Gasteiger partial charge in [-0.2, -0.15) is 0 Å². The second kappa shape index (κ2) is 10.6. The Morgan fingerprint density at radius 1 is 1.00 bits per heavy atom. The number of methoxy groups -OCH3 is 2. The number of para-hydroxylation sites is 1. The number of Topliss-reactive ketones (excluding diaryl/α,β-unsaturated/α-hetero) is 1. The molecular weight excluding hydrogens is 489 g/mol. The molecule has 12 heteroatoms. The molecule has 0 spiro atoms. The number of ketones is 1. The van der Waals surface area contributed by atoms with Gasteiger partial charge in [0.2, 0.25) is 0 Å². The zero-order chi connectivity index (χ0) is 25.6. The zero-order valence-corrected chi connectivity index (χ0v) is 19.5. The van der Waals surface area contributed by atoms with Crippen molar-refractivity contribution in [1.29, 1.82) is 0 Å². The summed E-state index contributed by atoms with van der Waals surface area (Å²) in [5, 5.41) is 0. The van der Waals surface area contributed by atoms with Crippen LogP contribution in [0.3, 0.4) is 0 Å². The van der Waals surface area contributed by atoms with Gasteiger partial charge in [0.15, 0.2) is 5.78 Å². The third kappa shape index (κ3) is 6.41. The maximum Gasteiger partial charge on any atom is 0.573 e. The molecule has 1 heterocycles. The van der Waals surface area contributed by atoms with Crippen LogP contribution in [0.2, 0.25) is 0 Å². The van der Waals surface area contributed by atoms with Gasteiger partial charge in [0.25, 0.3) is 10.0 Å². The van der Waals surface area contributed by atoms with Crippen molar-refractivity contribution in [2.45, 2.75) is 17.7 Å². The molecule has 0 aliphatic rings. The Morgan fingerprint density at radius 2 is 1.74 bits per heavy atom. The minimum atomic E-state index is -5.14. The van der Waals surface area contributed by atoms with Crippen molar-refractivity contribution in [2.75, 3.05) is 25.1 Å². The molecule has 2 aromatic carbocycles. The Hall–Kier alpha value is -3.80. The molecule has 0 saturated carbocycles. The summed E-state index contributed by atoms with van der Waals surface area (Å²) >= 11 is 0. The number of hydrogen-bond acceptors (Lipinski definition) is 7. The number of alkyl halides is 3. The van der Waals surface area contributed by atoms with E-state index in [4.69, 9.17) is 9.47 Å². The molecule has 0 aliphatic heterocycles. The van der Waals surface area contributed by atoms with Crippen LogP contribution in [0.15, 0.2) is 71.9 Å². The molecule has 0 radical (unpaired) electrons. The fourth-order valence-corrected chi connectivity index (χ4v) is 4.80. The monoisotopic (exact) mass is 510 g/mol. The van der Waals surface area contributed by atoms with Crippen LogP contribution in [0, 0.1) is 0 Å². The SMILES string of the molecule is COc1ccc(OC)c(N(CC(=O)Cc2cccnc2)S(=O)(=O)c2ccccc2OC(F)(F)F)c1. The number of carbonyl (C=O) groups is 1. The summed E-state index contributed by atoms with van der Waals surface area (Å²) < 4.78 is 81.4. The van der Waals surface area contributed by atoms with Gasteiger partial charge in [-0.25, -0.2) is 8.42 Å². The molecule has 0 amide bonds. The highest BCUT2D eigenvalue weighted by atomic mass is 32.2. The molecule has 0 N–H and O–H groups in total. The van der Waals surface area contributed by atoms with Gasteiger partial charge in [-0.1, -0.05) is 18.2 Å². The highest BCUT2D eigenvalue weighted by molar-refractivity contribution is 7.93. The lowest BCUT2D eigenvalue weighted by Crippen LogP contribution is -2.37. The van der Waals surface area contributed by atoms with E-state index in [0.717, 1.165) is 12.1 Å².